The van der Waals surface area contributed by atoms with Crippen molar-refractivity contribution >= 4 is 17.3 Å². The lowest BCUT2D eigenvalue weighted by Crippen LogP contribution is -2.52. The fraction of sp³-hybridized carbons (Fsp3) is 0.625. The van der Waals surface area contributed by atoms with E-state index < -0.39 is 0 Å². The normalized spacial score (nSPS) is 22.1. The minimum Gasteiger partial charge on any atom is -0.369 e. The Morgan fingerprint density at radius 1 is 1.45 bits per heavy atom. The van der Waals surface area contributed by atoms with Crippen molar-refractivity contribution < 1.29 is 4.74 Å². The molecule has 0 aliphatic carbocycles. The minimum atomic E-state index is -0.130. The molecule has 0 spiro atoms. The van der Waals surface area contributed by atoms with Crippen molar-refractivity contribution in [1.82, 2.24) is 5.32 Å². The van der Waals surface area contributed by atoms with Crippen molar-refractivity contribution in [2.75, 3.05) is 24.5 Å². The lowest BCUT2D eigenvalue weighted by molar-refractivity contribution is -0.0750. The van der Waals surface area contributed by atoms with Gasteiger partial charge >= 0.3 is 0 Å². The van der Waals surface area contributed by atoms with Gasteiger partial charge in [0.2, 0.25) is 0 Å². The van der Waals surface area contributed by atoms with Crippen LogP contribution in [0.2, 0.25) is 5.02 Å². The van der Waals surface area contributed by atoms with E-state index >= 15 is 0 Å². The molecule has 1 atom stereocenters. The molecule has 1 saturated heterocycles. The summed E-state index contributed by atoms with van der Waals surface area (Å²) in [5.74, 6) is 0. The Bertz CT molecular complexity index is 462. The SMILES string of the molecule is CCNCc1c(Cl)cccc1N1CC(C)OC(C)(C)C1. The van der Waals surface area contributed by atoms with Crippen LogP contribution >= 0.6 is 11.6 Å². The number of hydrogen-bond acceptors (Lipinski definition) is 3. The zero-order valence-electron chi connectivity index (χ0n) is 12.9. The monoisotopic (exact) mass is 296 g/mol. The third kappa shape index (κ3) is 3.66. The molecule has 1 heterocycles. The average Bonchev–Trinajstić information content (AvgIpc) is 2.34. The number of anilines is 1. The highest BCUT2D eigenvalue weighted by Crippen LogP contribution is 2.32. The Morgan fingerprint density at radius 2 is 2.20 bits per heavy atom. The second-order valence-corrected chi connectivity index (χ2v) is 6.49. The van der Waals surface area contributed by atoms with Crippen molar-refractivity contribution in [1.29, 1.82) is 0 Å². The molecule has 1 N–H and O–H groups in total. The fourth-order valence-corrected chi connectivity index (χ4v) is 3.14. The highest BCUT2D eigenvalue weighted by Gasteiger charge is 2.32. The van der Waals surface area contributed by atoms with Crippen molar-refractivity contribution in [3.63, 3.8) is 0 Å². The second kappa shape index (κ2) is 6.33. The summed E-state index contributed by atoms with van der Waals surface area (Å²) >= 11 is 6.39. The molecule has 112 valence electrons. The summed E-state index contributed by atoms with van der Waals surface area (Å²) in [6, 6.07) is 6.15. The molecule has 1 fully saturated rings. The number of rotatable bonds is 4. The Balaban J connectivity index is 2.29. The molecule has 0 saturated carbocycles. The topological polar surface area (TPSA) is 24.5 Å². The third-order valence-electron chi connectivity index (χ3n) is 3.56. The zero-order valence-corrected chi connectivity index (χ0v) is 13.6. The number of halogens is 1. The Hall–Kier alpha value is -0.770. The van der Waals surface area contributed by atoms with Crippen LogP contribution in [-0.4, -0.2) is 31.3 Å². The number of benzene rings is 1. The molecule has 1 aromatic carbocycles. The Morgan fingerprint density at radius 3 is 2.85 bits per heavy atom. The van der Waals surface area contributed by atoms with Crippen molar-refractivity contribution in [2.24, 2.45) is 0 Å². The van der Waals surface area contributed by atoms with E-state index in [-0.39, 0.29) is 11.7 Å². The molecule has 4 heteroatoms. The van der Waals surface area contributed by atoms with Crippen LogP contribution in [0.4, 0.5) is 5.69 Å². The summed E-state index contributed by atoms with van der Waals surface area (Å²) in [7, 11) is 0. The van der Waals surface area contributed by atoms with Crippen molar-refractivity contribution in [3.8, 4) is 0 Å². The van der Waals surface area contributed by atoms with Crippen LogP contribution in [-0.2, 0) is 11.3 Å². The molecule has 1 aliphatic rings. The Labute approximate surface area is 127 Å². The predicted molar refractivity (Wildman–Crippen MR) is 85.7 cm³/mol. The van der Waals surface area contributed by atoms with Crippen LogP contribution in [0.5, 0.6) is 0 Å². The maximum atomic E-state index is 6.39. The van der Waals surface area contributed by atoms with Gasteiger partial charge in [0.15, 0.2) is 0 Å². The van der Waals surface area contributed by atoms with Gasteiger partial charge in [-0.3, -0.25) is 0 Å². The second-order valence-electron chi connectivity index (χ2n) is 6.09. The van der Waals surface area contributed by atoms with Gasteiger partial charge < -0.3 is 15.0 Å². The maximum Gasteiger partial charge on any atom is 0.0805 e. The highest BCUT2D eigenvalue weighted by molar-refractivity contribution is 6.31. The quantitative estimate of drug-likeness (QED) is 0.921. The zero-order chi connectivity index (χ0) is 14.8. The lowest BCUT2D eigenvalue weighted by Gasteiger charge is -2.43. The molecular formula is C16H25ClN2O. The van der Waals surface area contributed by atoms with E-state index in [1.807, 2.05) is 12.1 Å². The number of morpholine rings is 1. The van der Waals surface area contributed by atoms with Gasteiger partial charge in [0, 0.05) is 35.9 Å². The number of hydrogen-bond donors (Lipinski definition) is 1. The summed E-state index contributed by atoms with van der Waals surface area (Å²) in [5, 5.41) is 4.21. The molecule has 2 rings (SSSR count). The summed E-state index contributed by atoms with van der Waals surface area (Å²) in [5.41, 5.74) is 2.28. The molecule has 20 heavy (non-hydrogen) atoms. The van der Waals surface area contributed by atoms with Crippen LogP contribution in [0.15, 0.2) is 18.2 Å². The number of ether oxygens (including phenoxy) is 1. The smallest absolute Gasteiger partial charge is 0.0805 e. The van der Waals surface area contributed by atoms with E-state index in [9.17, 15) is 0 Å². The molecule has 1 unspecified atom stereocenters. The summed E-state index contributed by atoms with van der Waals surface area (Å²) in [6.07, 6.45) is 0.227. The van der Waals surface area contributed by atoms with E-state index in [4.69, 9.17) is 16.3 Å². The first kappa shape index (κ1) is 15.6. The first-order chi connectivity index (χ1) is 9.43. The largest absolute Gasteiger partial charge is 0.369 e. The molecule has 1 aromatic rings. The van der Waals surface area contributed by atoms with Gasteiger partial charge in [-0.1, -0.05) is 24.6 Å². The van der Waals surface area contributed by atoms with Crippen molar-refractivity contribution in [2.45, 2.75) is 45.9 Å². The summed E-state index contributed by atoms with van der Waals surface area (Å²) in [6.45, 7) is 12.1. The van der Waals surface area contributed by atoms with Gasteiger partial charge in [0.25, 0.3) is 0 Å². The van der Waals surface area contributed by atoms with Gasteiger partial charge in [-0.15, -0.1) is 0 Å². The molecule has 0 aromatic heterocycles. The van der Waals surface area contributed by atoms with E-state index in [1.165, 1.54) is 11.3 Å². The molecule has 3 nitrogen and oxygen atoms in total. The van der Waals surface area contributed by atoms with E-state index in [0.717, 1.165) is 31.2 Å². The van der Waals surface area contributed by atoms with Gasteiger partial charge in [-0.2, -0.15) is 0 Å². The number of nitrogens with zero attached hydrogens (tertiary/aromatic N) is 1. The summed E-state index contributed by atoms with van der Waals surface area (Å²) in [4.78, 5) is 2.40. The van der Waals surface area contributed by atoms with Crippen LogP contribution < -0.4 is 10.2 Å². The fourth-order valence-electron chi connectivity index (χ4n) is 2.91. The van der Waals surface area contributed by atoms with E-state index in [1.54, 1.807) is 0 Å². The predicted octanol–water partition coefficient (Wildman–Crippen LogP) is 3.45. The van der Waals surface area contributed by atoms with Gasteiger partial charge in [-0.25, -0.2) is 0 Å². The van der Waals surface area contributed by atoms with E-state index in [0.29, 0.717) is 0 Å². The summed E-state index contributed by atoms with van der Waals surface area (Å²) < 4.78 is 5.99. The van der Waals surface area contributed by atoms with Gasteiger partial charge in [0.1, 0.15) is 0 Å². The van der Waals surface area contributed by atoms with Gasteiger partial charge in [-0.05, 0) is 39.4 Å². The third-order valence-corrected chi connectivity index (χ3v) is 3.91. The molecule has 0 radical (unpaired) electrons. The molecule has 1 aliphatic heterocycles. The minimum absolute atomic E-state index is 0.130. The highest BCUT2D eigenvalue weighted by atomic mass is 35.5. The first-order valence-electron chi connectivity index (χ1n) is 7.34. The number of nitrogens with one attached hydrogen (secondary N) is 1. The standard InChI is InChI=1S/C16H25ClN2O/c1-5-18-9-13-14(17)7-6-8-15(13)19-10-12(2)20-16(3,4)11-19/h6-8,12,18H,5,9-11H2,1-4H3. The van der Waals surface area contributed by atoms with Crippen LogP contribution in [0.3, 0.4) is 0 Å². The van der Waals surface area contributed by atoms with Crippen LogP contribution in [0.25, 0.3) is 0 Å². The first-order valence-corrected chi connectivity index (χ1v) is 7.71. The average molecular weight is 297 g/mol. The molecule has 0 amide bonds. The van der Waals surface area contributed by atoms with Crippen molar-refractivity contribution in [3.05, 3.63) is 28.8 Å². The molecular weight excluding hydrogens is 272 g/mol. The lowest BCUT2D eigenvalue weighted by atomic mass is 10.0. The Kier molecular flexibility index (Phi) is 4.95. The maximum absolute atomic E-state index is 6.39. The van der Waals surface area contributed by atoms with Gasteiger partial charge in [0.05, 0.1) is 11.7 Å². The van der Waals surface area contributed by atoms with Crippen LogP contribution in [0, 0.1) is 0 Å². The molecule has 0 bridgehead atoms. The van der Waals surface area contributed by atoms with E-state index in [2.05, 4.69) is 44.0 Å². The van der Waals surface area contributed by atoms with Crippen LogP contribution in [0.1, 0.15) is 33.3 Å².